The molecule has 4 rings (SSSR count). The molecule has 0 bridgehead atoms. The Morgan fingerprint density at radius 2 is 1.89 bits per heavy atom. The van der Waals surface area contributed by atoms with Gasteiger partial charge >= 0.3 is 5.97 Å². The van der Waals surface area contributed by atoms with Gasteiger partial charge in [0, 0.05) is 24.1 Å². The Kier molecular flexibility index (Phi) is 7.47. The van der Waals surface area contributed by atoms with Gasteiger partial charge in [-0.2, -0.15) is 0 Å². The van der Waals surface area contributed by atoms with E-state index in [-0.39, 0.29) is 23.6 Å². The third-order valence-electron chi connectivity index (χ3n) is 6.55. The Morgan fingerprint density at radius 1 is 1.17 bits per heavy atom. The van der Waals surface area contributed by atoms with Crippen molar-refractivity contribution in [2.75, 3.05) is 6.54 Å². The summed E-state index contributed by atoms with van der Waals surface area (Å²) in [6.45, 7) is 8.32. The van der Waals surface area contributed by atoms with Crippen LogP contribution in [0.2, 0.25) is 0 Å². The highest BCUT2D eigenvalue weighted by atomic mass is 19.1. The summed E-state index contributed by atoms with van der Waals surface area (Å²) in [6.07, 6.45) is 2.93. The summed E-state index contributed by atoms with van der Waals surface area (Å²) in [7, 11) is 0. The number of nitrogens with one attached hydrogen (secondary N) is 1. The lowest BCUT2D eigenvalue weighted by Gasteiger charge is -2.33. The number of allylic oxidation sites excluding steroid dienone is 3. The molecule has 0 aliphatic carbocycles. The van der Waals surface area contributed by atoms with Gasteiger partial charge in [0.15, 0.2) is 0 Å². The van der Waals surface area contributed by atoms with Gasteiger partial charge in [0.1, 0.15) is 17.7 Å². The molecule has 1 aliphatic rings. The number of aliphatic carboxylic acids is 1. The van der Waals surface area contributed by atoms with Crippen molar-refractivity contribution in [3.63, 3.8) is 0 Å². The molecule has 0 unspecified atom stereocenters. The molecule has 0 saturated heterocycles. The van der Waals surface area contributed by atoms with Crippen LogP contribution in [0.4, 0.5) is 4.39 Å². The molecule has 35 heavy (non-hydrogen) atoms. The Morgan fingerprint density at radius 3 is 2.66 bits per heavy atom. The normalized spacial score (nSPS) is 19.1. The first-order valence-electron chi connectivity index (χ1n) is 11.8. The quantitative estimate of drug-likeness (QED) is 0.278. The van der Waals surface area contributed by atoms with Crippen LogP contribution in [0, 0.1) is 0 Å². The van der Waals surface area contributed by atoms with Crippen molar-refractivity contribution in [2.45, 2.75) is 38.3 Å². The van der Waals surface area contributed by atoms with Crippen LogP contribution < -0.4 is 10.1 Å². The lowest BCUT2D eigenvalue weighted by Crippen LogP contribution is -2.37. The molecule has 0 spiro atoms. The van der Waals surface area contributed by atoms with Crippen LogP contribution in [-0.2, 0) is 4.79 Å². The second-order valence-electron chi connectivity index (χ2n) is 8.84. The molecule has 4 nitrogen and oxygen atoms in total. The smallest absolute Gasteiger partial charge is 0.338 e. The van der Waals surface area contributed by atoms with E-state index in [0.29, 0.717) is 18.5 Å². The molecule has 0 radical (unpaired) electrons. The zero-order valence-corrected chi connectivity index (χ0v) is 20.0. The largest absolute Gasteiger partial charge is 0.489 e. The Balaban J connectivity index is 1.54. The minimum Gasteiger partial charge on any atom is -0.489 e. The maximum Gasteiger partial charge on any atom is 0.338 e. The highest BCUT2D eigenvalue weighted by molar-refractivity contribution is 5.91. The van der Waals surface area contributed by atoms with E-state index >= 15 is 0 Å². The predicted molar refractivity (Wildman–Crippen MR) is 138 cm³/mol. The van der Waals surface area contributed by atoms with Crippen LogP contribution in [-0.4, -0.2) is 23.7 Å². The average Bonchev–Trinajstić information content (AvgIpc) is 2.88. The first kappa shape index (κ1) is 24.4. The van der Waals surface area contributed by atoms with Crippen LogP contribution in [0.25, 0.3) is 10.8 Å². The van der Waals surface area contributed by atoms with Crippen LogP contribution in [0.5, 0.6) is 5.75 Å². The fourth-order valence-corrected chi connectivity index (χ4v) is 4.69. The molecule has 3 aromatic carbocycles. The van der Waals surface area contributed by atoms with Crippen LogP contribution in [0.1, 0.15) is 43.4 Å². The van der Waals surface area contributed by atoms with Gasteiger partial charge in [-0.15, -0.1) is 0 Å². The number of hydrogen-bond acceptors (Lipinski definition) is 3. The summed E-state index contributed by atoms with van der Waals surface area (Å²) in [5, 5.41) is 15.5. The molecule has 2 N–H and O–H groups in total. The maximum atomic E-state index is 14.2. The molecule has 0 aromatic heterocycles. The van der Waals surface area contributed by atoms with Crippen molar-refractivity contribution in [1.82, 2.24) is 5.32 Å². The molecular weight excluding hydrogens is 441 g/mol. The first-order chi connectivity index (χ1) is 16.9. The van der Waals surface area contributed by atoms with Gasteiger partial charge in [-0.1, -0.05) is 73.3 Å². The summed E-state index contributed by atoms with van der Waals surface area (Å²) < 4.78 is 20.4. The number of para-hydroxylation sites is 1. The van der Waals surface area contributed by atoms with Crippen molar-refractivity contribution in [3.8, 4) is 5.75 Å². The number of halogens is 1. The van der Waals surface area contributed by atoms with Gasteiger partial charge < -0.3 is 15.2 Å². The van der Waals surface area contributed by atoms with Crippen molar-refractivity contribution in [3.05, 3.63) is 114 Å². The van der Waals surface area contributed by atoms with Crippen LogP contribution in [0.15, 0.2) is 102 Å². The lowest BCUT2D eigenvalue weighted by molar-refractivity contribution is -0.132. The van der Waals surface area contributed by atoms with E-state index in [9.17, 15) is 14.3 Å². The van der Waals surface area contributed by atoms with Crippen molar-refractivity contribution in [2.24, 2.45) is 0 Å². The number of carboxylic acids is 1. The van der Waals surface area contributed by atoms with Gasteiger partial charge in [-0.3, -0.25) is 0 Å². The standard InChI is InChI=1S/C30H30FNO3/c1-4-28(31)27(30(33)34)16-19(2)26-17-22(35-29-15-8-7-13-25(26)29)18-32-20(3)23-14-9-11-21-10-5-6-12-24(21)23/h4-16,20,22,26,32H,2,17-18H2,1,3H3,(H,33,34)/b27-16+,28-4+/t20-,22-,26+/m1/s1. The predicted octanol–water partition coefficient (Wildman–Crippen LogP) is 6.87. The second kappa shape index (κ2) is 10.7. The lowest BCUT2D eigenvalue weighted by atomic mass is 9.83. The summed E-state index contributed by atoms with van der Waals surface area (Å²) in [6, 6.07) is 22.4. The van der Waals surface area contributed by atoms with Crippen LogP contribution in [0.3, 0.4) is 0 Å². The maximum absolute atomic E-state index is 14.2. The van der Waals surface area contributed by atoms with Gasteiger partial charge in [0.25, 0.3) is 0 Å². The molecule has 3 atom stereocenters. The summed E-state index contributed by atoms with van der Waals surface area (Å²) in [4.78, 5) is 11.6. The van der Waals surface area contributed by atoms with E-state index in [1.54, 1.807) is 0 Å². The third-order valence-corrected chi connectivity index (χ3v) is 6.55. The van der Waals surface area contributed by atoms with Crippen molar-refractivity contribution < 1.29 is 19.0 Å². The molecule has 180 valence electrons. The minimum absolute atomic E-state index is 0.103. The van der Waals surface area contributed by atoms with E-state index in [2.05, 4.69) is 49.2 Å². The van der Waals surface area contributed by atoms with Gasteiger partial charge in [-0.05, 0) is 54.3 Å². The summed E-state index contributed by atoms with van der Waals surface area (Å²) in [5.74, 6) is -1.53. The third kappa shape index (κ3) is 5.36. The SMILES string of the molecule is C=C(/C=C(C(=O)O)\C(F)=C/C)[C@@H]1C[C@H](CN[C@H](C)c2cccc3ccccc23)Oc2ccccc21. The molecular formula is C30H30FNO3. The molecule has 0 saturated carbocycles. The highest BCUT2D eigenvalue weighted by Gasteiger charge is 2.30. The van der Waals surface area contributed by atoms with E-state index in [1.807, 2.05) is 36.4 Å². The number of hydrogen-bond donors (Lipinski definition) is 2. The van der Waals surface area contributed by atoms with Gasteiger partial charge in [0.2, 0.25) is 0 Å². The zero-order chi connectivity index (χ0) is 24.9. The van der Waals surface area contributed by atoms with E-state index in [4.69, 9.17) is 4.74 Å². The number of ether oxygens (including phenoxy) is 1. The van der Waals surface area contributed by atoms with E-state index < -0.39 is 11.8 Å². The van der Waals surface area contributed by atoms with Gasteiger partial charge in [0.05, 0.1) is 5.57 Å². The van der Waals surface area contributed by atoms with Crippen molar-refractivity contribution in [1.29, 1.82) is 0 Å². The van der Waals surface area contributed by atoms with Crippen LogP contribution >= 0.6 is 0 Å². The zero-order valence-electron chi connectivity index (χ0n) is 20.0. The molecule has 1 aliphatic heterocycles. The van der Waals surface area contributed by atoms with E-state index in [1.165, 1.54) is 29.3 Å². The molecule has 0 amide bonds. The highest BCUT2D eigenvalue weighted by Crippen LogP contribution is 2.41. The minimum atomic E-state index is -1.32. The number of rotatable bonds is 8. The number of benzene rings is 3. The average molecular weight is 472 g/mol. The van der Waals surface area contributed by atoms with Crippen molar-refractivity contribution >= 4 is 16.7 Å². The second-order valence-corrected chi connectivity index (χ2v) is 8.84. The fourth-order valence-electron chi connectivity index (χ4n) is 4.69. The molecule has 0 fully saturated rings. The molecule has 1 heterocycles. The summed E-state index contributed by atoms with van der Waals surface area (Å²) in [5.41, 5.74) is 2.30. The fraction of sp³-hybridized carbons (Fsp3) is 0.233. The number of carboxylic acid groups (broad SMARTS) is 1. The summed E-state index contributed by atoms with van der Waals surface area (Å²) >= 11 is 0. The first-order valence-corrected chi connectivity index (χ1v) is 11.8. The molecule has 5 heteroatoms. The molecule has 3 aromatic rings. The Labute approximate surface area is 205 Å². The van der Waals surface area contributed by atoms with Gasteiger partial charge in [-0.25, -0.2) is 9.18 Å². The topological polar surface area (TPSA) is 58.6 Å². The van der Waals surface area contributed by atoms with E-state index in [0.717, 1.165) is 17.4 Å². The number of fused-ring (bicyclic) bond motifs is 2. The Hall–Kier alpha value is -3.70. The monoisotopic (exact) mass is 471 g/mol. The number of carbonyl (C=O) groups is 1. The Bertz CT molecular complexity index is 1300.